The summed E-state index contributed by atoms with van der Waals surface area (Å²) in [5, 5.41) is 6.85. The van der Waals surface area contributed by atoms with E-state index in [1.807, 2.05) is 0 Å². The first-order chi connectivity index (χ1) is 10.7. The molecule has 1 aromatic rings. The Hall–Kier alpha value is -1.08. The number of hydrogen-bond acceptors (Lipinski definition) is 2. The maximum atomic E-state index is 4.76. The van der Waals surface area contributed by atoms with Crippen LogP contribution >= 0.6 is 24.0 Å². The van der Waals surface area contributed by atoms with Gasteiger partial charge in [-0.2, -0.15) is 0 Å². The van der Waals surface area contributed by atoms with Crippen LogP contribution in [-0.2, 0) is 13.1 Å². The van der Waals surface area contributed by atoms with Gasteiger partial charge in [-0.05, 0) is 45.0 Å². The second-order valence-corrected chi connectivity index (χ2v) is 5.99. The maximum absolute atomic E-state index is 4.76. The van der Waals surface area contributed by atoms with Gasteiger partial charge in [0.15, 0.2) is 5.96 Å². The predicted octanol–water partition coefficient (Wildman–Crippen LogP) is 3.14. The van der Waals surface area contributed by atoms with Gasteiger partial charge in [0, 0.05) is 19.1 Å². The molecule has 0 aliphatic heterocycles. The quantitative estimate of drug-likeness (QED) is 0.317. The second-order valence-electron chi connectivity index (χ2n) is 5.99. The molecule has 0 fully saturated rings. The summed E-state index contributed by atoms with van der Waals surface area (Å²) < 4.78 is 0. The fourth-order valence-electron chi connectivity index (χ4n) is 2.62. The molecule has 0 spiro atoms. The number of aliphatic imine (C=N–C) groups is 1. The second kappa shape index (κ2) is 10.6. The predicted molar refractivity (Wildman–Crippen MR) is 109 cm³/mol. The van der Waals surface area contributed by atoms with Crippen LogP contribution in [0.1, 0.15) is 30.9 Å². The summed E-state index contributed by atoms with van der Waals surface area (Å²) in [7, 11) is 4.19. The molecule has 4 nitrogen and oxygen atoms in total. The van der Waals surface area contributed by atoms with Crippen LogP contribution in [-0.4, -0.2) is 37.5 Å². The van der Waals surface area contributed by atoms with Gasteiger partial charge in [-0.25, -0.2) is 4.99 Å². The number of hydrogen-bond donors (Lipinski definition) is 2. The van der Waals surface area contributed by atoms with E-state index in [9.17, 15) is 0 Å². The van der Waals surface area contributed by atoms with Crippen molar-refractivity contribution in [2.75, 3.05) is 20.6 Å². The third-order valence-corrected chi connectivity index (χ3v) is 3.71. The Morgan fingerprint density at radius 1 is 1.17 bits per heavy atom. The molecule has 0 atom stereocenters. The minimum absolute atomic E-state index is 0. The van der Waals surface area contributed by atoms with Crippen molar-refractivity contribution >= 4 is 29.9 Å². The summed E-state index contributed by atoms with van der Waals surface area (Å²) in [6.07, 6.45) is 6.63. The van der Waals surface area contributed by atoms with Crippen molar-refractivity contribution in [3.63, 3.8) is 0 Å². The van der Waals surface area contributed by atoms with E-state index in [0.717, 1.165) is 31.9 Å². The Kier molecular flexibility index (Phi) is 9.24. The van der Waals surface area contributed by atoms with Gasteiger partial charge in [0.1, 0.15) is 0 Å². The van der Waals surface area contributed by atoms with Crippen LogP contribution in [0, 0.1) is 0 Å². The molecule has 0 bridgehead atoms. The first-order valence-electron chi connectivity index (χ1n) is 8.10. The molecule has 1 aliphatic rings. The van der Waals surface area contributed by atoms with Crippen LogP contribution in [0.3, 0.4) is 0 Å². The Morgan fingerprint density at radius 2 is 1.83 bits per heavy atom. The van der Waals surface area contributed by atoms with Crippen molar-refractivity contribution in [3.05, 3.63) is 47.5 Å². The Morgan fingerprint density at radius 3 is 2.43 bits per heavy atom. The lowest BCUT2D eigenvalue weighted by Gasteiger charge is -2.17. The molecule has 0 radical (unpaired) electrons. The van der Waals surface area contributed by atoms with E-state index >= 15 is 0 Å². The van der Waals surface area contributed by atoms with Gasteiger partial charge in [-0.3, -0.25) is 0 Å². The average molecular weight is 428 g/mol. The van der Waals surface area contributed by atoms with Gasteiger partial charge < -0.3 is 15.5 Å². The molecule has 0 amide bonds. The number of benzene rings is 1. The number of rotatable bonds is 6. The zero-order valence-electron chi connectivity index (χ0n) is 14.4. The smallest absolute Gasteiger partial charge is 0.191 e. The molecule has 0 aromatic heterocycles. The van der Waals surface area contributed by atoms with Crippen LogP contribution < -0.4 is 10.6 Å². The fraction of sp³-hybridized carbons (Fsp3) is 0.500. The maximum Gasteiger partial charge on any atom is 0.191 e. The highest BCUT2D eigenvalue weighted by atomic mass is 127. The van der Waals surface area contributed by atoms with Crippen molar-refractivity contribution in [2.45, 2.75) is 38.9 Å². The van der Waals surface area contributed by atoms with Gasteiger partial charge in [0.2, 0.25) is 0 Å². The monoisotopic (exact) mass is 428 g/mol. The molecule has 128 valence electrons. The van der Waals surface area contributed by atoms with E-state index in [-0.39, 0.29) is 24.0 Å². The summed E-state index contributed by atoms with van der Waals surface area (Å²) >= 11 is 0. The normalized spacial score (nSPS) is 14.9. The van der Waals surface area contributed by atoms with Crippen molar-refractivity contribution in [2.24, 2.45) is 4.99 Å². The molecule has 0 heterocycles. The topological polar surface area (TPSA) is 39.7 Å². The Labute approximate surface area is 157 Å². The molecule has 23 heavy (non-hydrogen) atoms. The summed E-state index contributed by atoms with van der Waals surface area (Å²) in [5.74, 6) is 0.913. The highest BCUT2D eigenvalue weighted by Gasteiger charge is 2.11. The zero-order chi connectivity index (χ0) is 15.8. The molecule has 1 aromatic carbocycles. The number of halogens is 1. The van der Waals surface area contributed by atoms with E-state index in [1.54, 1.807) is 0 Å². The lowest BCUT2D eigenvalue weighted by molar-refractivity contribution is 0.401. The van der Waals surface area contributed by atoms with Gasteiger partial charge >= 0.3 is 0 Å². The summed E-state index contributed by atoms with van der Waals surface area (Å²) in [4.78, 5) is 6.95. The van der Waals surface area contributed by atoms with Crippen molar-refractivity contribution in [3.8, 4) is 0 Å². The van der Waals surface area contributed by atoms with Crippen LogP contribution in [0.2, 0.25) is 0 Å². The third-order valence-electron chi connectivity index (χ3n) is 3.71. The number of nitrogens with zero attached hydrogens (tertiary/aromatic N) is 2. The van der Waals surface area contributed by atoms with E-state index in [0.29, 0.717) is 12.6 Å². The van der Waals surface area contributed by atoms with E-state index in [2.05, 4.69) is 73.0 Å². The summed E-state index contributed by atoms with van der Waals surface area (Å²) in [5.41, 5.74) is 2.63. The highest BCUT2D eigenvalue weighted by molar-refractivity contribution is 14.0. The zero-order valence-corrected chi connectivity index (χ0v) is 16.7. The van der Waals surface area contributed by atoms with Crippen LogP contribution in [0.15, 0.2) is 41.4 Å². The lowest BCUT2D eigenvalue weighted by atomic mass is 10.1. The van der Waals surface area contributed by atoms with Crippen molar-refractivity contribution < 1.29 is 0 Å². The lowest BCUT2D eigenvalue weighted by Crippen LogP contribution is -2.42. The third kappa shape index (κ3) is 6.91. The van der Waals surface area contributed by atoms with Gasteiger partial charge in [-0.1, -0.05) is 36.4 Å². The molecule has 2 N–H and O–H groups in total. The van der Waals surface area contributed by atoms with Gasteiger partial charge in [-0.15, -0.1) is 24.0 Å². The standard InChI is InChI=1S/C18H28N4.HI/c1-4-19-18(21-17-11-7-8-12-17)20-13-15-9-5-6-10-16(15)14-22(2)3;/h5-10,17H,4,11-14H2,1-3H3,(H2,19,20,21);1H. The van der Waals surface area contributed by atoms with Crippen LogP contribution in [0.5, 0.6) is 0 Å². The minimum atomic E-state index is 0. The van der Waals surface area contributed by atoms with Crippen LogP contribution in [0.25, 0.3) is 0 Å². The van der Waals surface area contributed by atoms with Crippen molar-refractivity contribution in [1.29, 1.82) is 0 Å². The Balaban J connectivity index is 0.00000264. The largest absolute Gasteiger partial charge is 0.357 e. The average Bonchev–Trinajstić information content (AvgIpc) is 2.99. The Bertz CT molecular complexity index is 518. The molecule has 2 rings (SSSR count). The molecule has 0 saturated carbocycles. The first kappa shape index (κ1) is 20.0. The fourth-order valence-corrected chi connectivity index (χ4v) is 2.62. The summed E-state index contributed by atoms with van der Waals surface area (Å²) in [6, 6.07) is 9.02. The molecular formula is C18H29IN4. The first-order valence-corrected chi connectivity index (χ1v) is 8.10. The van der Waals surface area contributed by atoms with E-state index in [1.165, 1.54) is 11.1 Å². The molecule has 1 aliphatic carbocycles. The minimum Gasteiger partial charge on any atom is -0.357 e. The highest BCUT2D eigenvalue weighted by Crippen LogP contribution is 2.12. The van der Waals surface area contributed by atoms with Crippen molar-refractivity contribution in [1.82, 2.24) is 15.5 Å². The number of nitrogens with one attached hydrogen (secondary N) is 2. The number of guanidine groups is 1. The SMILES string of the molecule is CCNC(=NCc1ccccc1CN(C)C)NC1CC=CC1.I. The molecule has 0 unspecified atom stereocenters. The van der Waals surface area contributed by atoms with E-state index in [4.69, 9.17) is 4.99 Å². The molecule has 0 saturated heterocycles. The van der Waals surface area contributed by atoms with Gasteiger partial charge in [0.25, 0.3) is 0 Å². The van der Waals surface area contributed by atoms with Crippen LogP contribution in [0.4, 0.5) is 0 Å². The van der Waals surface area contributed by atoms with Gasteiger partial charge in [0.05, 0.1) is 6.54 Å². The summed E-state index contributed by atoms with van der Waals surface area (Å²) in [6.45, 7) is 4.64. The van der Waals surface area contributed by atoms with E-state index < -0.39 is 0 Å². The molecule has 5 heteroatoms. The molecular weight excluding hydrogens is 399 g/mol.